The van der Waals surface area contributed by atoms with Crippen molar-refractivity contribution < 1.29 is 24.0 Å². The van der Waals surface area contributed by atoms with E-state index in [-0.39, 0.29) is 30.0 Å². The number of carboxylic acid groups (broad SMARTS) is 1. The van der Waals surface area contributed by atoms with Crippen molar-refractivity contribution in [2.75, 3.05) is 13.1 Å². The second-order valence-corrected chi connectivity index (χ2v) is 6.03. The zero-order valence-corrected chi connectivity index (χ0v) is 13.3. The predicted octanol–water partition coefficient (Wildman–Crippen LogP) is 0.00452. The number of Topliss-reactive ketones (excluding diaryl/α,β-unsaturated/α-hetero) is 1. The molecule has 1 aliphatic rings. The van der Waals surface area contributed by atoms with E-state index in [9.17, 15) is 14.4 Å². The Morgan fingerprint density at radius 2 is 2.13 bits per heavy atom. The number of hydrogen-bond acceptors (Lipinski definition) is 7. The first-order chi connectivity index (χ1) is 10.7. The summed E-state index contributed by atoms with van der Waals surface area (Å²) >= 11 is 0. The second kappa shape index (κ2) is 6.45. The molecule has 2 heterocycles. The molecule has 0 unspecified atom stereocenters. The minimum atomic E-state index is -1.22. The number of hydrogen-bond donors (Lipinski definition) is 2. The minimum absolute atomic E-state index is 0.0361. The number of carbonyl (C=O) groups is 3. The Bertz CT molecular complexity index is 624. The van der Waals surface area contributed by atoms with E-state index in [0.29, 0.717) is 19.4 Å². The minimum Gasteiger partial charge on any atom is -0.480 e. The van der Waals surface area contributed by atoms with Crippen molar-refractivity contribution in [2.45, 2.75) is 45.2 Å². The van der Waals surface area contributed by atoms with Gasteiger partial charge in [0.15, 0.2) is 0 Å². The summed E-state index contributed by atoms with van der Waals surface area (Å²) in [6.45, 7) is 4.81. The highest BCUT2D eigenvalue weighted by atomic mass is 16.5. The summed E-state index contributed by atoms with van der Waals surface area (Å²) in [5.41, 5.74) is -1.22. The first-order valence-corrected chi connectivity index (χ1v) is 7.35. The number of aliphatic carboxylic acids is 1. The van der Waals surface area contributed by atoms with Crippen LogP contribution in [0.2, 0.25) is 0 Å². The lowest BCUT2D eigenvalue weighted by Crippen LogP contribution is -2.52. The third kappa shape index (κ3) is 3.73. The summed E-state index contributed by atoms with van der Waals surface area (Å²) in [5, 5.41) is 15.3. The lowest BCUT2D eigenvalue weighted by molar-refractivity contribution is -0.143. The summed E-state index contributed by atoms with van der Waals surface area (Å²) in [5.74, 6) is -1.48. The molecule has 1 atom stereocenters. The lowest BCUT2D eigenvalue weighted by atomic mass is 10.1. The van der Waals surface area contributed by atoms with E-state index in [1.165, 1.54) is 18.7 Å². The van der Waals surface area contributed by atoms with Gasteiger partial charge in [-0.3, -0.25) is 19.7 Å². The van der Waals surface area contributed by atoms with Gasteiger partial charge in [0.05, 0.1) is 12.6 Å². The lowest BCUT2D eigenvalue weighted by Gasteiger charge is -2.26. The van der Waals surface area contributed by atoms with Gasteiger partial charge in [0.2, 0.25) is 23.4 Å². The molecule has 0 saturated carbocycles. The fraction of sp³-hybridized carbons (Fsp3) is 0.643. The molecule has 0 aromatic carbocycles. The van der Waals surface area contributed by atoms with Crippen LogP contribution in [0.1, 0.15) is 43.2 Å². The van der Waals surface area contributed by atoms with Gasteiger partial charge in [0.1, 0.15) is 5.54 Å². The predicted molar refractivity (Wildman–Crippen MR) is 77.8 cm³/mol. The van der Waals surface area contributed by atoms with Crippen molar-refractivity contribution in [3.05, 3.63) is 11.7 Å². The fourth-order valence-electron chi connectivity index (χ4n) is 2.36. The van der Waals surface area contributed by atoms with E-state index < -0.39 is 17.6 Å². The quantitative estimate of drug-likeness (QED) is 0.701. The van der Waals surface area contributed by atoms with Gasteiger partial charge in [-0.25, -0.2) is 0 Å². The maximum absolute atomic E-state index is 12.4. The maximum atomic E-state index is 12.4. The second-order valence-electron chi connectivity index (χ2n) is 6.03. The van der Waals surface area contributed by atoms with Crippen molar-refractivity contribution in [1.29, 1.82) is 0 Å². The molecule has 0 radical (unpaired) electrons. The van der Waals surface area contributed by atoms with Gasteiger partial charge < -0.3 is 14.5 Å². The Kier molecular flexibility index (Phi) is 4.79. The molecule has 2 rings (SSSR count). The van der Waals surface area contributed by atoms with Crippen molar-refractivity contribution in [1.82, 2.24) is 20.4 Å². The van der Waals surface area contributed by atoms with Crippen LogP contribution in [0.15, 0.2) is 4.52 Å². The number of rotatable bonds is 6. The number of nitrogens with one attached hydrogen (secondary N) is 1. The Hall–Kier alpha value is -2.29. The SMILES string of the molecule is Cc1nc(C(=O)[C@@H]2CCCN2C(=O)CNC(C)(C)C(=O)O)no1. The van der Waals surface area contributed by atoms with Crippen molar-refractivity contribution in [3.8, 4) is 0 Å². The Morgan fingerprint density at radius 3 is 2.70 bits per heavy atom. The third-order valence-electron chi connectivity index (χ3n) is 3.84. The number of aromatic nitrogens is 2. The molecular weight excluding hydrogens is 304 g/mol. The summed E-state index contributed by atoms with van der Waals surface area (Å²) in [6.07, 6.45) is 1.22. The Morgan fingerprint density at radius 1 is 1.43 bits per heavy atom. The molecule has 1 fully saturated rings. The van der Waals surface area contributed by atoms with Gasteiger partial charge >= 0.3 is 5.97 Å². The Balaban J connectivity index is 2.02. The molecule has 1 saturated heterocycles. The van der Waals surface area contributed by atoms with Crippen LogP contribution in [-0.2, 0) is 9.59 Å². The summed E-state index contributed by atoms with van der Waals surface area (Å²) < 4.78 is 4.80. The van der Waals surface area contributed by atoms with E-state index in [1.807, 2.05) is 0 Å². The number of carboxylic acids is 1. The molecule has 1 aromatic heterocycles. The van der Waals surface area contributed by atoms with Crippen molar-refractivity contribution in [2.24, 2.45) is 0 Å². The molecular formula is C14H20N4O5. The summed E-state index contributed by atoms with van der Waals surface area (Å²) in [7, 11) is 0. The molecule has 126 valence electrons. The summed E-state index contributed by atoms with van der Waals surface area (Å²) in [4.78, 5) is 41.1. The number of amides is 1. The number of nitrogens with zero attached hydrogens (tertiary/aromatic N) is 3. The number of likely N-dealkylation sites (tertiary alicyclic amines) is 1. The van der Waals surface area contributed by atoms with Crippen LogP contribution >= 0.6 is 0 Å². The molecule has 0 spiro atoms. The van der Waals surface area contributed by atoms with Crippen LogP contribution in [0.5, 0.6) is 0 Å². The van der Waals surface area contributed by atoms with E-state index in [0.717, 1.165) is 0 Å². The van der Waals surface area contributed by atoms with E-state index >= 15 is 0 Å². The van der Waals surface area contributed by atoms with Crippen LogP contribution in [0, 0.1) is 6.92 Å². The van der Waals surface area contributed by atoms with Crippen LogP contribution < -0.4 is 5.32 Å². The third-order valence-corrected chi connectivity index (χ3v) is 3.84. The van der Waals surface area contributed by atoms with Crippen molar-refractivity contribution in [3.63, 3.8) is 0 Å². The highest BCUT2D eigenvalue weighted by molar-refractivity contribution is 5.99. The number of carbonyl (C=O) groups excluding carboxylic acids is 2. The molecule has 23 heavy (non-hydrogen) atoms. The smallest absolute Gasteiger partial charge is 0.323 e. The van der Waals surface area contributed by atoms with E-state index in [2.05, 4.69) is 15.5 Å². The Labute approximate surface area is 133 Å². The molecule has 2 N–H and O–H groups in total. The average Bonchev–Trinajstić information content (AvgIpc) is 3.12. The summed E-state index contributed by atoms with van der Waals surface area (Å²) in [6, 6.07) is -0.630. The highest BCUT2D eigenvalue weighted by Gasteiger charge is 2.37. The molecule has 1 aliphatic heterocycles. The van der Waals surface area contributed by atoms with Crippen LogP contribution in [0.4, 0.5) is 0 Å². The van der Waals surface area contributed by atoms with E-state index in [1.54, 1.807) is 6.92 Å². The van der Waals surface area contributed by atoms with Gasteiger partial charge in [0, 0.05) is 13.5 Å². The highest BCUT2D eigenvalue weighted by Crippen LogP contribution is 2.20. The van der Waals surface area contributed by atoms with Crippen LogP contribution in [0.25, 0.3) is 0 Å². The standard InChI is InChI=1S/C14H20N4O5/c1-8-16-12(17-23-8)11(20)9-5-4-6-18(9)10(19)7-15-14(2,3)13(21)22/h9,15H,4-7H2,1-3H3,(H,21,22)/t9-/m0/s1. The zero-order valence-electron chi connectivity index (χ0n) is 13.3. The molecule has 1 amide bonds. The molecule has 9 nitrogen and oxygen atoms in total. The molecule has 0 bridgehead atoms. The largest absolute Gasteiger partial charge is 0.480 e. The van der Waals surface area contributed by atoms with Gasteiger partial charge in [-0.15, -0.1) is 0 Å². The van der Waals surface area contributed by atoms with Gasteiger partial charge in [-0.2, -0.15) is 4.98 Å². The van der Waals surface area contributed by atoms with Crippen LogP contribution in [-0.4, -0.2) is 62.5 Å². The first-order valence-electron chi connectivity index (χ1n) is 7.35. The molecule has 0 aliphatic carbocycles. The van der Waals surface area contributed by atoms with Gasteiger partial charge in [-0.05, 0) is 26.7 Å². The van der Waals surface area contributed by atoms with Crippen LogP contribution in [0.3, 0.4) is 0 Å². The number of ketones is 1. The maximum Gasteiger partial charge on any atom is 0.323 e. The monoisotopic (exact) mass is 324 g/mol. The molecule has 1 aromatic rings. The average molecular weight is 324 g/mol. The van der Waals surface area contributed by atoms with Crippen molar-refractivity contribution >= 4 is 17.7 Å². The topological polar surface area (TPSA) is 126 Å². The normalized spacial score (nSPS) is 18.2. The number of aryl methyl sites for hydroxylation is 1. The van der Waals surface area contributed by atoms with Gasteiger partial charge in [-0.1, -0.05) is 5.16 Å². The fourth-order valence-corrected chi connectivity index (χ4v) is 2.36. The van der Waals surface area contributed by atoms with Gasteiger partial charge in [0.25, 0.3) is 0 Å². The van der Waals surface area contributed by atoms with E-state index in [4.69, 9.17) is 9.63 Å². The zero-order chi connectivity index (χ0) is 17.2. The first kappa shape index (κ1) is 17.1. The molecule has 9 heteroatoms.